The van der Waals surface area contributed by atoms with Crippen LogP contribution in [0.3, 0.4) is 0 Å². The fourth-order valence-corrected chi connectivity index (χ4v) is 2.03. The lowest BCUT2D eigenvalue weighted by Crippen LogP contribution is -2.34. The van der Waals surface area contributed by atoms with Crippen LogP contribution in [0.5, 0.6) is 0 Å². The lowest BCUT2D eigenvalue weighted by Gasteiger charge is -2.23. The molecule has 112 valence electrons. The zero-order chi connectivity index (χ0) is 14.7. The number of hydrogen-bond donors (Lipinski definition) is 1. The molecule has 5 nitrogen and oxygen atoms in total. The lowest BCUT2D eigenvalue weighted by atomic mass is 10.2. The fourth-order valence-electron chi connectivity index (χ4n) is 2.03. The Bertz CT molecular complexity index is 265. The highest BCUT2D eigenvalue weighted by atomic mass is 16.4. The summed E-state index contributed by atoms with van der Waals surface area (Å²) in [5.41, 5.74) is 0. The summed E-state index contributed by atoms with van der Waals surface area (Å²) in [6, 6.07) is 0. The summed E-state index contributed by atoms with van der Waals surface area (Å²) >= 11 is 0. The van der Waals surface area contributed by atoms with E-state index in [0.29, 0.717) is 19.4 Å². The minimum atomic E-state index is -0.836. The largest absolute Gasteiger partial charge is 0.481 e. The van der Waals surface area contributed by atoms with Gasteiger partial charge < -0.3 is 14.9 Å². The van der Waals surface area contributed by atoms with E-state index in [1.807, 2.05) is 11.8 Å². The number of rotatable bonds is 11. The molecule has 0 atom stereocenters. The Hall–Kier alpha value is -1.10. The van der Waals surface area contributed by atoms with E-state index in [4.69, 9.17) is 5.11 Å². The van der Waals surface area contributed by atoms with E-state index in [-0.39, 0.29) is 12.3 Å². The Morgan fingerprint density at radius 3 is 2.00 bits per heavy atom. The molecule has 0 aromatic heterocycles. The van der Waals surface area contributed by atoms with Gasteiger partial charge >= 0.3 is 5.97 Å². The van der Waals surface area contributed by atoms with Crippen LogP contribution in [0, 0.1) is 0 Å². The molecule has 0 aliphatic rings. The van der Waals surface area contributed by atoms with Gasteiger partial charge in [-0.25, -0.2) is 0 Å². The molecule has 0 fully saturated rings. The predicted octanol–water partition coefficient (Wildman–Crippen LogP) is 1.82. The molecule has 1 N–H and O–H groups in total. The second kappa shape index (κ2) is 10.8. The van der Waals surface area contributed by atoms with E-state index in [9.17, 15) is 9.59 Å². The molecule has 0 aliphatic heterocycles. The fraction of sp³-hybridized carbons (Fsp3) is 0.857. The molecule has 0 bridgehead atoms. The highest BCUT2D eigenvalue weighted by Crippen LogP contribution is 2.03. The molecule has 0 heterocycles. The van der Waals surface area contributed by atoms with Gasteiger partial charge in [0.1, 0.15) is 0 Å². The Balaban J connectivity index is 3.91. The summed E-state index contributed by atoms with van der Waals surface area (Å²) in [7, 11) is 0. The van der Waals surface area contributed by atoms with Crippen LogP contribution in [0.25, 0.3) is 0 Å². The number of carboxylic acid groups (broad SMARTS) is 1. The van der Waals surface area contributed by atoms with Crippen LogP contribution >= 0.6 is 0 Å². The van der Waals surface area contributed by atoms with E-state index in [1.165, 1.54) is 0 Å². The van der Waals surface area contributed by atoms with Crippen LogP contribution in [0.15, 0.2) is 0 Å². The molecule has 0 radical (unpaired) electrons. The van der Waals surface area contributed by atoms with Crippen LogP contribution in [0.4, 0.5) is 0 Å². The molecular formula is C14H28N2O3. The number of carboxylic acids is 1. The molecule has 0 saturated heterocycles. The molecule has 0 aliphatic carbocycles. The molecule has 1 amide bonds. The Morgan fingerprint density at radius 1 is 0.895 bits per heavy atom. The van der Waals surface area contributed by atoms with Gasteiger partial charge in [0.25, 0.3) is 0 Å². The first-order chi connectivity index (χ1) is 9.04. The molecule has 0 rings (SSSR count). The van der Waals surface area contributed by atoms with Gasteiger partial charge in [-0.05, 0) is 39.4 Å². The molecule has 19 heavy (non-hydrogen) atoms. The summed E-state index contributed by atoms with van der Waals surface area (Å²) in [5.74, 6) is -0.763. The van der Waals surface area contributed by atoms with Gasteiger partial charge in [0.2, 0.25) is 5.91 Å². The standard InChI is InChI=1S/C14H28N2O3/c1-4-15(5-2)11-8-12-16(6-3)13(17)9-7-10-14(18)19/h4-12H2,1-3H3,(H,18,19). The minimum Gasteiger partial charge on any atom is -0.481 e. The first-order valence-electron chi connectivity index (χ1n) is 7.27. The van der Waals surface area contributed by atoms with Crippen molar-refractivity contribution >= 4 is 11.9 Å². The zero-order valence-electron chi connectivity index (χ0n) is 12.5. The number of nitrogens with zero attached hydrogens (tertiary/aromatic N) is 2. The number of carbonyl (C=O) groups is 2. The van der Waals surface area contributed by atoms with Crippen molar-refractivity contribution in [1.29, 1.82) is 0 Å². The van der Waals surface area contributed by atoms with Crippen molar-refractivity contribution in [2.45, 2.75) is 46.5 Å². The molecule has 0 spiro atoms. The zero-order valence-corrected chi connectivity index (χ0v) is 12.5. The summed E-state index contributed by atoms with van der Waals surface area (Å²) in [6.07, 6.45) is 1.81. The first-order valence-corrected chi connectivity index (χ1v) is 7.27. The van der Waals surface area contributed by atoms with Crippen LogP contribution in [0.2, 0.25) is 0 Å². The highest BCUT2D eigenvalue weighted by Gasteiger charge is 2.12. The van der Waals surface area contributed by atoms with Crippen molar-refractivity contribution in [2.24, 2.45) is 0 Å². The van der Waals surface area contributed by atoms with E-state index in [1.54, 1.807) is 0 Å². The van der Waals surface area contributed by atoms with Crippen LogP contribution in [0.1, 0.15) is 46.5 Å². The average Bonchev–Trinajstić information content (AvgIpc) is 2.38. The summed E-state index contributed by atoms with van der Waals surface area (Å²) in [4.78, 5) is 26.5. The van der Waals surface area contributed by atoms with E-state index in [0.717, 1.165) is 32.6 Å². The average molecular weight is 272 g/mol. The van der Waals surface area contributed by atoms with Gasteiger partial charge in [0.05, 0.1) is 0 Å². The molecule has 0 unspecified atom stereocenters. The summed E-state index contributed by atoms with van der Waals surface area (Å²) < 4.78 is 0. The van der Waals surface area contributed by atoms with Crippen molar-refractivity contribution in [3.63, 3.8) is 0 Å². The highest BCUT2D eigenvalue weighted by molar-refractivity contribution is 5.76. The van der Waals surface area contributed by atoms with Gasteiger partial charge in [-0.3, -0.25) is 9.59 Å². The number of carbonyl (C=O) groups excluding carboxylic acids is 1. The van der Waals surface area contributed by atoms with Crippen LogP contribution < -0.4 is 0 Å². The maximum absolute atomic E-state index is 11.9. The molecule has 0 saturated carbocycles. The van der Waals surface area contributed by atoms with Gasteiger partial charge in [-0.1, -0.05) is 13.8 Å². The van der Waals surface area contributed by atoms with Crippen molar-refractivity contribution in [1.82, 2.24) is 9.80 Å². The Kier molecular flexibility index (Phi) is 10.2. The third-order valence-corrected chi connectivity index (χ3v) is 3.31. The van der Waals surface area contributed by atoms with E-state index < -0.39 is 5.97 Å². The molecular weight excluding hydrogens is 244 g/mol. The van der Waals surface area contributed by atoms with Crippen molar-refractivity contribution in [3.8, 4) is 0 Å². The van der Waals surface area contributed by atoms with Gasteiger partial charge in [-0.15, -0.1) is 0 Å². The molecule has 0 aromatic carbocycles. The number of amides is 1. The topological polar surface area (TPSA) is 60.9 Å². The third kappa shape index (κ3) is 8.59. The van der Waals surface area contributed by atoms with Gasteiger partial charge in [-0.2, -0.15) is 0 Å². The summed E-state index contributed by atoms with van der Waals surface area (Å²) in [6.45, 7) is 10.8. The predicted molar refractivity (Wildman–Crippen MR) is 76.1 cm³/mol. The van der Waals surface area contributed by atoms with Crippen LogP contribution in [-0.2, 0) is 9.59 Å². The summed E-state index contributed by atoms with van der Waals surface area (Å²) in [5, 5.41) is 8.55. The second-order valence-electron chi connectivity index (χ2n) is 4.60. The maximum atomic E-state index is 11.9. The molecule has 5 heteroatoms. The normalized spacial score (nSPS) is 10.7. The minimum absolute atomic E-state index is 0.0722. The Morgan fingerprint density at radius 2 is 1.53 bits per heavy atom. The number of aliphatic carboxylic acids is 1. The molecule has 0 aromatic rings. The maximum Gasteiger partial charge on any atom is 0.303 e. The quantitative estimate of drug-likeness (QED) is 0.623. The second-order valence-corrected chi connectivity index (χ2v) is 4.60. The van der Waals surface area contributed by atoms with Gasteiger partial charge in [0, 0.05) is 25.9 Å². The van der Waals surface area contributed by atoms with Crippen molar-refractivity contribution in [3.05, 3.63) is 0 Å². The Labute approximate surface area is 116 Å². The van der Waals surface area contributed by atoms with E-state index in [2.05, 4.69) is 18.7 Å². The van der Waals surface area contributed by atoms with Crippen LogP contribution in [-0.4, -0.2) is 59.5 Å². The van der Waals surface area contributed by atoms with Crippen molar-refractivity contribution < 1.29 is 14.7 Å². The van der Waals surface area contributed by atoms with E-state index >= 15 is 0 Å². The SMILES string of the molecule is CCN(CC)CCCN(CC)C(=O)CCCC(=O)O. The monoisotopic (exact) mass is 272 g/mol. The third-order valence-electron chi connectivity index (χ3n) is 3.31. The van der Waals surface area contributed by atoms with Crippen molar-refractivity contribution in [2.75, 3.05) is 32.7 Å². The lowest BCUT2D eigenvalue weighted by molar-refractivity contribution is -0.137. The van der Waals surface area contributed by atoms with Gasteiger partial charge in [0.15, 0.2) is 0 Å². The first kappa shape index (κ1) is 17.9. The smallest absolute Gasteiger partial charge is 0.303 e. The number of hydrogen-bond acceptors (Lipinski definition) is 3.